The Bertz CT molecular complexity index is 1240. The summed E-state index contributed by atoms with van der Waals surface area (Å²) in [5.74, 6) is 0.272. The van der Waals surface area contributed by atoms with E-state index in [4.69, 9.17) is 0 Å². The summed E-state index contributed by atoms with van der Waals surface area (Å²) in [6.07, 6.45) is 5.35. The van der Waals surface area contributed by atoms with Crippen molar-refractivity contribution in [3.63, 3.8) is 0 Å². The lowest BCUT2D eigenvalue weighted by Gasteiger charge is -2.36. The first-order valence-electron chi connectivity index (χ1n) is 11.1. The van der Waals surface area contributed by atoms with Crippen LogP contribution in [0.25, 0.3) is 10.8 Å². The number of fused-ring (bicyclic) bond motifs is 1. The van der Waals surface area contributed by atoms with Crippen LogP contribution in [0.2, 0.25) is 0 Å². The number of benzene rings is 2. The van der Waals surface area contributed by atoms with Crippen LogP contribution in [0, 0.1) is 22.7 Å². The molecule has 2 heterocycles. The molecular weight excluding hydrogens is 400 g/mol. The molecule has 1 saturated carbocycles. The topological polar surface area (TPSA) is 86.1 Å². The fourth-order valence-electron chi connectivity index (χ4n) is 4.92. The van der Waals surface area contributed by atoms with Gasteiger partial charge in [-0.1, -0.05) is 48.9 Å². The summed E-state index contributed by atoms with van der Waals surface area (Å²) in [4.78, 5) is 31.9. The van der Waals surface area contributed by atoms with Gasteiger partial charge in [-0.15, -0.1) is 0 Å². The third kappa shape index (κ3) is 3.40. The lowest BCUT2D eigenvalue weighted by atomic mass is 9.65. The zero-order valence-corrected chi connectivity index (χ0v) is 17.8. The Kier molecular flexibility index (Phi) is 5.10. The molecular formula is C26H24N4O2. The molecule has 0 spiro atoms. The number of carbonyl (C=O) groups excluding carboxylic acids is 2. The molecule has 1 aromatic heterocycles. The number of anilines is 2. The maximum Gasteiger partial charge on any atom is 0.247 e. The number of nitriles is 1. The molecule has 1 N–H and O–H groups in total. The maximum absolute atomic E-state index is 13.2. The average molecular weight is 425 g/mol. The molecule has 1 aliphatic heterocycles. The van der Waals surface area contributed by atoms with Crippen molar-refractivity contribution in [2.75, 3.05) is 16.8 Å². The van der Waals surface area contributed by atoms with Crippen LogP contribution in [0.1, 0.15) is 31.2 Å². The van der Waals surface area contributed by atoms with E-state index in [1.807, 2.05) is 42.5 Å². The van der Waals surface area contributed by atoms with Crippen molar-refractivity contribution < 1.29 is 9.59 Å². The number of carbonyl (C=O) groups is 2. The average Bonchev–Trinajstić information content (AvgIpc) is 3.10. The molecule has 160 valence electrons. The van der Waals surface area contributed by atoms with Crippen LogP contribution in [0.3, 0.4) is 0 Å². The molecule has 32 heavy (non-hydrogen) atoms. The minimum atomic E-state index is -0.903. The largest absolute Gasteiger partial charge is 0.311 e. The zero-order valence-electron chi connectivity index (χ0n) is 17.8. The van der Waals surface area contributed by atoms with Gasteiger partial charge >= 0.3 is 0 Å². The van der Waals surface area contributed by atoms with Crippen molar-refractivity contribution in [1.29, 1.82) is 5.26 Å². The number of nitrogens with zero attached hydrogens (tertiary/aromatic N) is 3. The summed E-state index contributed by atoms with van der Waals surface area (Å²) >= 11 is 0. The van der Waals surface area contributed by atoms with Gasteiger partial charge < -0.3 is 10.2 Å². The first-order valence-corrected chi connectivity index (χ1v) is 11.1. The third-order valence-corrected chi connectivity index (χ3v) is 6.91. The summed E-state index contributed by atoms with van der Waals surface area (Å²) in [6.45, 7) is 0.510. The van der Waals surface area contributed by atoms with Gasteiger partial charge in [-0.2, -0.15) is 5.26 Å². The molecule has 1 unspecified atom stereocenters. The molecule has 1 atom stereocenters. The van der Waals surface area contributed by atoms with E-state index in [0.717, 1.165) is 35.6 Å². The molecule has 6 heteroatoms. The molecule has 1 saturated heterocycles. The molecule has 2 aromatic carbocycles. The second-order valence-electron chi connectivity index (χ2n) is 8.68. The van der Waals surface area contributed by atoms with E-state index in [0.29, 0.717) is 24.5 Å². The predicted molar refractivity (Wildman–Crippen MR) is 123 cm³/mol. The predicted octanol–water partition coefficient (Wildman–Crippen LogP) is 4.46. The summed E-state index contributed by atoms with van der Waals surface area (Å²) in [5.41, 5.74) is 0.715. The first-order chi connectivity index (χ1) is 15.6. The van der Waals surface area contributed by atoms with Gasteiger partial charge in [-0.25, -0.2) is 4.98 Å². The van der Waals surface area contributed by atoms with Crippen LogP contribution in [-0.2, 0) is 16.0 Å². The Labute approximate surface area is 186 Å². The Balaban J connectivity index is 1.32. The second kappa shape index (κ2) is 8.08. The number of aromatic nitrogens is 1. The lowest BCUT2D eigenvalue weighted by molar-refractivity contribution is -0.126. The number of nitrogens with one attached hydrogen (secondary N) is 1. The maximum atomic E-state index is 13.2. The van der Waals surface area contributed by atoms with Gasteiger partial charge in [-0.3, -0.25) is 9.59 Å². The summed E-state index contributed by atoms with van der Waals surface area (Å²) in [7, 11) is 0. The number of amides is 2. The molecule has 0 radical (unpaired) electrons. The van der Waals surface area contributed by atoms with Crippen molar-refractivity contribution in [2.24, 2.45) is 11.3 Å². The summed E-state index contributed by atoms with van der Waals surface area (Å²) in [5, 5.41) is 14.8. The van der Waals surface area contributed by atoms with Gasteiger partial charge in [0.15, 0.2) is 0 Å². The van der Waals surface area contributed by atoms with E-state index in [9.17, 15) is 14.9 Å². The quantitative estimate of drug-likeness (QED) is 0.655. The van der Waals surface area contributed by atoms with Gasteiger partial charge in [-0.05, 0) is 47.6 Å². The van der Waals surface area contributed by atoms with E-state index >= 15 is 0 Å². The molecule has 1 aliphatic carbocycles. The fraction of sp³-hybridized carbons (Fsp3) is 0.308. The van der Waals surface area contributed by atoms with E-state index in [2.05, 4.69) is 16.4 Å². The highest BCUT2D eigenvalue weighted by Gasteiger charge is 2.54. The number of hydrogen-bond acceptors (Lipinski definition) is 4. The highest BCUT2D eigenvalue weighted by Crippen LogP contribution is 2.49. The fourth-order valence-corrected chi connectivity index (χ4v) is 4.92. The van der Waals surface area contributed by atoms with Crippen molar-refractivity contribution >= 4 is 34.1 Å². The Morgan fingerprint density at radius 2 is 2.00 bits per heavy atom. The minimum absolute atomic E-state index is 0.121. The smallest absolute Gasteiger partial charge is 0.247 e. The molecule has 2 aliphatic rings. The van der Waals surface area contributed by atoms with Crippen LogP contribution in [0.15, 0.2) is 60.8 Å². The van der Waals surface area contributed by atoms with Gasteiger partial charge in [0.1, 0.15) is 11.2 Å². The monoisotopic (exact) mass is 424 g/mol. The second-order valence-corrected chi connectivity index (χ2v) is 8.68. The van der Waals surface area contributed by atoms with E-state index in [-0.39, 0.29) is 24.2 Å². The summed E-state index contributed by atoms with van der Waals surface area (Å²) in [6, 6.07) is 19.7. The van der Waals surface area contributed by atoms with Gasteiger partial charge in [0, 0.05) is 24.5 Å². The lowest BCUT2D eigenvalue weighted by Crippen LogP contribution is -2.41. The van der Waals surface area contributed by atoms with Crippen molar-refractivity contribution in [3.05, 3.63) is 66.4 Å². The Morgan fingerprint density at radius 1 is 1.19 bits per heavy atom. The normalized spacial score (nSPS) is 20.7. The molecule has 2 amide bonds. The molecule has 3 aromatic rings. The molecule has 0 bridgehead atoms. The summed E-state index contributed by atoms with van der Waals surface area (Å²) < 4.78 is 0. The van der Waals surface area contributed by atoms with Crippen molar-refractivity contribution in [2.45, 2.75) is 32.1 Å². The third-order valence-electron chi connectivity index (χ3n) is 6.91. The van der Waals surface area contributed by atoms with Gasteiger partial charge in [0.2, 0.25) is 11.8 Å². The highest BCUT2D eigenvalue weighted by atomic mass is 16.2. The standard InChI is InChI=1S/C26H24N4O2/c27-17-26(20-8-4-9-20)12-14-30(25(26)32)21-11-13-28-23(16-21)29-24(31)15-19-7-3-6-18-5-1-2-10-22(18)19/h1-3,5-7,10-11,13,16,20H,4,8-9,12,14-15H2,(H,28,29,31). The van der Waals surface area contributed by atoms with Crippen LogP contribution < -0.4 is 10.2 Å². The first kappa shape index (κ1) is 20.2. The van der Waals surface area contributed by atoms with Crippen LogP contribution >= 0.6 is 0 Å². The van der Waals surface area contributed by atoms with Gasteiger partial charge in [0.05, 0.1) is 12.5 Å². The minimum Gasteiger partial charge on any atom is -0.311 e. The van der Waals surface area contributed by atoms with Crippen molar-refractivity contribution in [3.8, 4) is 6.07 Å². The van der Waals surface area contributed by atoms with Crippen LogP contribution in [0.4, 0.5) is 11.5 Å². The Hall–Kier alpha value is -3.72. The number of rotatable bonds is 5. The van der Waals surface area contributed by atoms with Crippen LogP contribution in [0.5, 0.6) is 0 Å². The van der Waals surface area contributed by atoms with Gasteiger partial charge in [0.25, 0.3) is 0 Å². The number of hydrogen-bond donors (Lipinski definition) is 1. The molecule has 5 rings (SSSR count). The molecule has 2 fully saturated rings. The van der Waals surface area contributed by atoms with E-state index in [1.165, 1.54) is 0 Å². The van der Waals surface area contributed by atoms with E-state index < -0.39 is 5.41 Å². The molecule has 6 nitrogen and oxygen atoms in total. The highest BCUT2D eigenvalue weighted by molar-refractivity contribution is 6.02. The number of pyridine rings is 1. The zero-order chi connectivity index (χ0) is 22.1. The van der Waals surface area contributed by atoms with Crippen LogP contribution in [-0.4, -0.2) is 23.3 Å². The Morgan fingerprint density at radius 3 is 2.78 bits per heavy atom. The van der Waals surface area contributed by atoms with Crippen molar-refractivity contribution in [1.82, 2.24) is 4.98 Å². The SMILES string of the molecule is N#CC1(C2CCC2)CCN(c2ccnc(NC(=O)Cc3cccc4ccccc34)c2)C1=O. The van der Waals surface area contributed by atoms with E-state index in [1.54, 1.807) is 23.2 Å².